The summed E-state index contributed by atoms with van der Waals surface area (Å²) >= 11 is 5.93. The molecule has 0 bridgehead atoms. The Morgan fingerprint density at radius 1 is 1.24 bits per heavy atom. The summed E-state index contributed by atoms with van der Waals surface area (Å²) in [6.07, 6.45) is 2.11. The average Bonchev–Trinajstić information content (AvgIpc) is 3.30. The topological polar surface area (TPSA) is 89.0 Å². The van der Waals surface area contributed by atoms with Crippen LogP contribution >= 0.6 is 11.6 Å². The first-order valence-electron chi connectivity index (χ1n) is 12.2. The Morgan fingerprint density at radius 3 is 2.84 bits per heavy atom. The van der Waals surface area contributed by atoms with Crippen LogP contribution in [0.2, 0.25) is 5.02 Å². The van der Waals surface area contributed by atoms with Crippen LogP contribution < -0.4 is 14.8 Å². The molecule has 5 rings (SSSR count). The van der Waals surface area contributed by atoms with Crippen molar-refractivity contribution in [2.24, 2.45) is 5.92 Å². The number of carbonyl (C=O) groups is 1. The lowest BCUT2D eigenvalue weighted by molar-refractivity contribution is -0.139. The molecule has 2 aliphatic heterocycles. The number of aromatic nitrogens is 2. The van der Waals surface area contributed by atoms with E-state index in [2.05, 4.69) is 20.2 Å². The molecular formula is C26H29ClFN5O4. The molecule has 3 aromatic rings. The van der Waals surface area contributed by atoms with Crippen molar-refractivity contribution in [3.63, 3.8) is 0 Å². The molecule has 0 aliphatic carbocycles. The Bertz CT molecular complexity index is 1290. The van der Waals surface area contributed by atoms with E-state index in [4.69, 9.17) is 25.8 Å². The standard InChI is InChI=1S/C26H29ClFN5O4/c1-32-13-16(10-21(32)26(34)33-6-8-36-9-7-33)14-37-23-11-17-20(12-22(23)35-2)29-15-30-25(17)31-19-5-3-4-18(27)24(19)28/h3-5,11-12,15-16,21H,6-10,13-14H2,1-2H3,(H,29,30,31). The van der Waals surface area contributed by atoms with E-state index in [0.717, 1.165) is 6.54 Å². The lowest BCUT2D eigenvalue weighted by Crippen LogP contribution is -2.48. The highest BCUT2D eigenvalue weighted by molar-refractivity contribution is 6.31. The largest absolute Gasteiger partial charge is 0.493 e. The van der Waals surface area contributed by atoms with Crippen molar-refractivity contribution in [1.29, 1.82) is 0 Å². The van der Waals surface area contributed by atoms with Crippen molar-refractivity contribution in [3.8, 4) is 11.5 Å². The third-order valence-corrected chi connectivity index (χ3v) is 7.13. The second-order valence-electron chi connectivity index (χ2n) is 9.27. The zero-order valence-corrected chi connectivity index (χ0v) is 21.5. The second kappa shape index (κ2) is 11.0. The second-order valence-corrected chi connectivity index (χ2v) is 9.68. The summed E-state index contributed by atoms with van der Waals surface area (Å²) in [5.74, 6) is 1.22. The number of halogens is 2. The molecule has 3 heterocycles. The van der Waals surface area contributed by atoms with E-state index in [-0.39, 0.29) is 28.6 Å². The van der Waals surface area contributed by atoms with Gasteiger partial charge in [0, 0.05) is 37.0 Å². The minimum atomic E-state index is -0.563. The van der Waals surface area contributed by atoms with Gasteiger partial charge >= 0.3 is 0 Å². The molecule has 2 aromatic carbocycles. The number of ether oxygens (including phenoxy) is 3. The van der Waals surface area contributed by atoms with Crippen molar-refractivity contribution in [1.82, 2.24) is 19.8 Å². The Hall–Kier alpha value is -3.21. The van der Waals surface area contributed by atoms with Crippen LogP contribution in [0.3, 0.4) is 0 Å². The van der Waals surface area contributed by atoms with Gasteiger partial charge in [0.2, 0.25) is 5.91 Å². The van der Waals surface area contributed by atoms with E-state index < -0.39 is 5.82 Å². The lowest BCUT2D eigenvalue weighted by Gasteiger charge is -2.31. The van der Waals surface area contributed by atoms with Gasteiger partial charge in [-0.05, 0) is 31.7 Å². The first-order chi connectivity index (χ1) is 17.9. The zero-order chi connectivity index (χ0) is 25.9. The number of fused-ring (bicyclic) bond motifs is 1. The minimum absolute atomic E-state index is 0.0148. The predicted molar refractivity (Wildman–Crippen MR) is 138 cm³/mol. The van der Waals surface area contributed by atoms with E-state index in [1.54, 1.807) is 31.4 Å². The molecule has 9 nitrogen and oxygen atoms in total. The summed E-state index contributed by atoms with van der Waals surface area (Å²) in [5.41, 5.74) is 0.816. The first-order valence-corrected chi connectivity index (χ1v) is 12.6. The molecule has 1 aromatic heterocycles. The van der Waals surface area contributed by atoms with Crippen molar-refractivity contribution in [2.45, 2.75) is 12.5 Å². The van der Waals surface area contributed by atoms with Crippen LogP contribution in [0.25, 0.3) is 10.9 Å². The summed E-state index contributed by atoms with van der Waals surface area (Å²) in [6, 6.07) is 8.11. The van der Waals surface area contributed by atoms with E-state index in [9.17, 15) is 9.18 Å². The smallest absolute Gasteiger partial charge is 0.240 e. The molecule has 1 N–H and O–H groups in total. The van der Waals surface area contributed by atoms with Gasteiger partial charge in [-0.1, -0.05) is 17.7 Å². The van der Waals surface area contributed by atoms with Gasteiger partial charge < -0.3 is 24.4 Å². The highest BCUT2D eigenvalue weighted by Gasteiger charge is 2.37. The third-order valence-electron chi connectivity index (χ3n) is 6.84. The maximum Gasteiger partial charge on any atom is 0.240 e. The molecule has 196 valence electrons. The molecule has 0 radical (unpaired) electrons. The quantitative estimate of drug-likeness (QED) is 0.495. The van der Waals surface area contributed by atoms with E-state index in [1.807, 2.05) is 11.9 Å². The number of nitrogens with one attached hydrogen (secondary N) is 1. The van der Waals surface area contributed by atoms with Gasteiger partial charge in [-0.15, -0.1) is 0 Å². The van der Waals surface area contributed by atoms with Crippen LogP contribution in [0, 0.1) is 11.7 Å². The van der Waals surface area contributed by atoms with Crippen LogP contribution in [-0.4, -0.2) is 85.3 Å². The maximum absolute atomic E-state index is 14.5. The minimum Gasteiger partial charge on any atom is -0.493 e. The predicted octanol–water partition coefficient (Wildman–Crippen LogP) is 3.73. The normalized spacial score (nSPS) is 20.3. The van der Waals surface area contributed by atoms with Gasteiger partial charge in [-0.3, -0.25) is 9.69 Å². The summed E-state index contributed by atoms with van der Waals surface area (Å²) in [7, 11) is 3.54. The van der Waals surface area contributed by atoms with Gasteiger partial charge in [-0.25, -0.2) is 14.4 Å². The number of carbonyl (C=O) groups excluding carboxylic acids is 1. The van der Waals surface area contributed by atoms with Crippen LogP contribution in [0.15, 0.2) is 36.7 Å². The molecule has 2 fully saturated rings. The van der Waals surface area contributed by atoms with Crippen molar-refractivity contribution >= 4 is 39.9 Å². The number of methoxy groups -OCH3 is 1. The fraction of sp³-hybridized carbons (Fsp3) is 0.423. The van der Waals surface area contributed by atoms with Crippen LogP contribution in [0.5, 0.6) is 11.5 Å². The number of rotatable bonds is 7. The number of likely N-dealkylation sites (tertiary alicyclic amines) is 1. The van der Waals surface area contributed by atoms with Crippen molar-refractivity contribution < 1.29 is 23.4 Å². The van der Waals surface area contributed by atoms with E-state index in [0.29, 0.717) is 67.6 Å². The summed E-state index contributed by atoms with van der Waals surface area (Å²) < 4.78 is 31.6. The number of morpholine rings is 1. The first kappa shape index (κ1) is 25.4. The molecule has 2 saturated heterocycles. The van der Waals surface area contributed by atoms with Gasteiger partial charge in [0.1, 0.15) is 12.1 Å². The fourth-order valence-electron chi connectivity index (χ4n) is 4.88. The monoisotopic (exact) mass is 529 g/mol. The average molecular weight is 530 g/mol. The number of amides is 1. The molecule has 2 unspecified atom stereocenters. The molecule has 2 aliphatic rings. The van der Waals surface area contributed by atoms with Gasteiger partial charge in [-0.2, -0.15) is 0 Å². The van der Waals surface area contributed by atoms with Gasteiger partial charge in [0.15, 0.2) is 17.3 Å². The number of likely N-dealkylation sites (N-methyl/N-ethyl adjacent to an activating group) is 1. The van der Waals surface area contributed by atoms with E-state index in [1.165, 1.54) is 12.4 Å². The molecule has 2 atom stereocenters. The van der Waals surface area contributed by atoms with Gasteiger partial charge in [0.25, 0.3) is 0 Å². The fourth-order valence-corrected chi connectivity index (χ4v) is 5.06. The van der Waals surface area contributed by atoms with E-state index >= 15 is 0 Å². The Kier molecular flexibility index (Phi) is 7.59. The summed E-state index contributed by atoms with van der Waals surface area (Å²) in [6.45, 7) is 3.60. The number of nitrogens with zero attached hydrogens (tertiary/aromatic N) is 4. The highest BCUT2D eigenvalue weighted by atomic mass is 35.5. The van der Waals surface area contributed by atoms with Gasteiger partial charge in [0.05, 0.1) is 49.2 Å². The maximum atomic E-state index is 14.5. The van der Waals surface area contributed by atoms with Crippen LogP contribution in [0.4, 0.5) is 15.9 Å². The zero-order valence-electron chi connectivity index (χ0n) is 20.7. The Morgan fingerprint density at radius 2 is 2.05 bits per heavy atom. The number of hydrogen-bond acceptors (Lipinski definition) is 8. The number of benzene rings is 2. The molecule has 1 amide bonds. The molecular weight excluding hydrogens is 501 g/mol. The van der Waals surface area contributed by atoms with Crippen LogP contribution in [-0.2, 0) is 9.53 Å². The molecule has 11 heteroatoms. The number of hydrogen-bond donors (Lipinski definition) is 1. The molecule has 0 spiro atoms. The molecule has 0 saturated carbocycles. The lowest BCUT2D eigenvalue weighted by atomic mass is 10.1. The SMILES string of the molecule is COc1cc2ncnc(Nc3cccc(Cl)c3F)c2cc1OCC1CC(C(=O)N2CCOCC2)N(C)C1. The molecule has 37 heavy (non-hydrogen) atoms. The third kappa shape index (κ3) is 5.41. The summed E-state index contributed by atoms with van der Waals surface area (Å²) in [5, 5.41) is 3.66. The summed E-state index contributed by atoms with van der Waals surface area (Å²) in [4.78, 5) is 25.6. The Balaban J connectivity index is 1.33. The number of anilines is 2. The van der Waals surface area contributed by atoms with Crippen molar-refractivity contribution in [2.75, 3.05) is 58.9 Å². The van der Waals surface area contributed by atoms with Crippen LogP contribution in [0.1, 0.15) is 6.42 Å². The highest BCUT2D eigenvalue weighted by Crippen LogP contribution is 2.36. The Labute approximate surface area is 219 Å². The van der Waals surface area contributed by atoms with Crippen molar-refractivity contribution in [3.05, 3.63) is 47.5 Å².